The molecule has 0 radical (unpaired) electrons. The first kappa shape index (κ1) is 28.8. The number of nitrogens with two attached hydrogens (primary N) is 1. The van der Waals surface area contributed by atoms with Crippen LogP contribution >= 0.6 is 0 Å². The minimum atomic E-state index is -3.02. The number of hydrogen-bond acceptors (Lipinski definition) is 11. The Kier molecular flexibility index (Phi) is 7.28. The lowest BCUT2D eigenvalue weighted by molar-refractivity contribution is -0.188. The van der Waals surface area contributed by atoms with Crippen LogP contribution < -0.4 is 16.4 Å². The number of hydrogen-bond donors (Lipinski definition) is 6. The molecule has 3 unspecified atom stereocenters. The first-order valence-corrected chi connectivity index (χ1v) is 12.5. The topological polar surface area (TPSA) is 239 Å². The quantitative estimate of drug-likeness (QED) is 0.139. The van der Waals surface area contributed by atoms with E-state index in [0.29, 0.717) is 0 Å². The van der Waals surface area contributed by atoms with Crippen molar-refractivity contribution in [3.8, 4) is 5.75 Å². The largest absolute Gasteiger partial charge is 0.505 e. The maximum atomic E-state index is 13.6. The molecule has 7 atom stereocenters. The number of aliphatic hydroxyl groups excluding tert-OH is 1. The molecule has 0 heterocycles. The van der Waals surface area contributed by atoms with Gasteiger partial charge in [0.2, 0.25) is 5.91 Å². The fraction of sp³-hybridized carbons (Fsp3) is 0.500. The number of rotatable bonds is 5. The molecule has 3 aliphatic rings. The normalized spacial score (nSPS) is 30.1. The van der Waals surface area contributed by atoms with Crippen molar-refractivity contribution in [2.24, 2.45) is 35.3 Å². The summed E-state index contributed by atoms with van der Waals surface area (Å²) in [7, 11) is 1.15. The Hall–Kier alpha value is -4.17. The lowest BCUT2D eigenvalue weighted by Gasteiger charge is -2.51. The number of esters is 1. The molecule has 14 heteroatoms. The smallest absolute Gasteiger partial charge is 0.328 e. The minimum Gasteiger partial charge on any atom is -0.505 e. The van der Waals surface area contributed by atoms with Gasteiger partial charge in [-0.05, 0) is 24.0 Å². The van der Waals surface area contributed by atoms with Gasteiger partial charge >= 0.3 is 12.0 Å². The predicted molar refractivity (Wildman–Crippen MR) is 133 cm³/mol. The van der Waals surface area contributed by atoms with E-state index in [2.05, 4.69) is 15.4 Å². The number of fused-ring (bicyclic) bond motifs is 3. The van der Waals surface area contributed by atoms with Gasteiger partial charge in [0.15, 0.2) is 34.7 Å². The van der Waals surface area contributed by atoms with Crippen molar-refractivity contribution in [3.63, 3.8) is 0 Å². The number of ketones is 4. The third kappa shape index (κ3) is 4.23. The Balaban J connectivity index is 1.68. The Morgan fingerprint density at radius 2 is 1.75 bits per heavy atom. The summed E-state index contributed by atoms with van der Waals surface area (Å²) in [4.78, 5) is 88.9. The zero-order valence-electron chi connectivity index (χ0n) is 21.8. The molecule has 14 nitrogen and oxygen atoms in total. The molecule has 3 aliphatic carbocycles. The second-order valence-electron chi connectivity index (χ2n) is 10.6. The molecule has 2 saturated carbocycles. The number of carbonyl (C=O) groups is 7. The summed E-state index contributed by atoms with van der Waals surface area (Å²) in [6, 6.07) is 0.739. The van der Waals surface area contributed by atoms with Crippen LogP contribution in [0, 0.1) is 29.6 Å². The van der Waals surface area contributed by atoms with Gasteiger partial charge in [-0.3, -0.25) is 24.0 Å². The molecule has 3 amide bonds. The fourth-order valence-corrected chi connectivity index (χ4v) is 5.98. The molecular weight excluding hydrogens is 530 g/mol. The van der Waals surface area contributed by atoms with Crippen molar-refractivity contribution < 1.29 is 53.6 Å². The van der Waals surface area contributed by atoms with Crippen LogP contribution in [0.2, 0.25) is 0 Å². The fourth-order valence-electron chi connectivity index (χ4n) is 5.98. The van der Waals surface area contributed by atoms with Crippen LogP contribution in [0.25, 0.3) is 0 Å². The summed E-state index contributed by atoms with van der Waals surface area (Å²) < 4.78 is 4.67. The molecule has 7 N–H and O–H groups in total. The molecule has 0 aliphatic heterocycles. The van der Waals surface area contributed by atoms with E-state index in [-0.39, 0.29) is 29.2 Å². The van der Waals surface area contributed by atoms with Crippen LogP contribution in [0.15, 0.2) is 12.1 Å². The van der Waals surface area contributed by atoms with Crippen molar-refractivity contribution in [3.05, 3.63) is 23.3 Å². The van der Waals surface area contributed by atoms with Gasteiger partial charge in [-0.15, -0.1) is 0 Å². The minimum absolute atomic E-state index is 0.148. The number of Topliss-reactive ketones (excluding diaryl/α,β-unsaturated/α-hetero) is 4. The van der Waals surface area contributed by atoms with E-state index in [1.54, 1.807) is 13.8 Å². The molecule has 0 saturated heterocycles. The van der Waals surface area contributed by atoms with Crippen molar-refractivity contribution in [1.29, 1.82) is 0 Å². The number of aliphatic hydroxyl groups is 2. The van der Waals surface area contributed by atoms with Crippen molar-refractivity contribution in [2.75, 3.05) is 12.4 Å². The zero-order valence-corrected chi connectivity index (χ0v) is 21.8. The van der Waals surface area contributed by atoms with Gasteiger partial charge in [0.25, 0.3) is 0 Å². The molecule has 0 bridgehead atoms. The number of benzene rings is 1. The molecule has 4 rings (SSSR count). The first-order chi connectivity index (χ1) is 18.7. The van der Waals surface area contributed by atoms with Gasteiger partial charge in [0.05, 0.1) is 30.4 Å². The third-order valence-corrected chi connectivity index (χ3v) is 8.04. The van der Waals surface area contributed by atoms with Crippen LogP contribution in [0.5, 0.6) is 5.75 Å². The van der Waals surface area contributed by atoms with Crippen molar-refractivity contribution in [2.45, 2.75) is 44.4 Å². The number of phenolic OH excluding ortho intramolecular Hbond substituents is 1. The summed E-state index contributed by atoms with van der Waals surface area (Å²) in [5.74, 6) is -14.6. The predicted octanol–water partition coefficient (Wildman–Crippen LogP) is -1.38. The van der Waals surface area contributed by atoms with E-state index < -0.39 is 94.6 Å². The average molecular weight is 560 g/mol. The van der Waals surface area contributed by atoms with E-state index in [1.807, 2.05) is 0 Å². The summed E-state index contributed by atoms with van der Waals surface area (Å²) in [5, 5.41) is 38.0. The van der Waals surface area contributed by atoms with Gasteiger partial charge in [0.1, 0.15) is 11.8 Å². The highest BCUT2D eigenvalue weighted by Gasteiger charge is 2.69. The van der Waals surface area contributed by atoms with E-state index in [4.69, 9.17) is 5.73 Å². The molecule has 214 valence electrons. The SMILES string of the molecule is COC(=O)C(NC(=O)Nc1ccc2c(c1O)C(=O)C1C(=O)[C@]3(O)C(=O)C(C(N)=O)C(=O)C[C@@H]3[C@@H](O)[C@@H]1C2)C(C)C. The number of anilines is 1. The molecule has 0 spiro atoms. The number of urea groups is 1. The summed E-state index contributed by atoms with van der Waals surface area (Å²) >= 11 is 0. The molecule has 2 fully saturated rings. The molecule has 1 aromatic rings. The number of ether oxygens (including phenoxy) is 1. The average Bonchev–Trinajstić information content (AvgIpc) is 2.88. The Morgan fingerprint density at radius 3 is 2.33 bits per heavy atom. The van der Waals surface area contributed by atoms with Crippen LogP contribution in [-0.2, 0) is 35.1 Å². The summed E-state index contributed by atoms with van der Waals surface area (Å²) in [6.45, 7) is 3.33. The molecule has 40 heavy (non-hydrogen) atoms. The van der Waals surface area contributed by atoms with Crippen molar-refractivity contribution in [1.82, 2.24) is 5.32 Å². The van der Waals surface area contributed by atoms with Gasteiger partial charge in [-0.2, -0.15) is 0 Å². The number of carbonyl (C=O) groups excluding carboxylic acids is 7. The monoisotopic (exact) mass is 559 g/mol. The molecular formula is C26H29N3O11. The Labute approximate surface area is 227 Å². The van der Waals surface area contributed by atoms with Crippen LogP contribution in [0.4, 0.5) is 10.5 Å². The van der Waals surface area contributed by atoms with E-state index in [1.165, 1.54) is 12.1 Å². The first-order valence-electron chi connectivity index (χ1n) is 12.5. The van der Waals surface area contributed by atoms with Gasteiger partial charge in [0, 0.05) is 18.3 Å². The number of aromatic hydroxyl groups is 1. The van der Waals surface area contributed by atoms with Crippen LogP contribution in [-0.4, -0.2) is 81.2 Å². The van der Waals surface area contributed by atoms with Gasteiger partial charge in [-0.25, -0.2) is 9.59 Å². The van der Waals surface area contributed by atoms with Crippen molar-refractivity contribution >= 4 is 46.7 Å². The zero-order chi connectivity index (χ0) is 29.8. The number of nitrogens with one attached hydrogen (secondary N) is 2. The third-order valence-electron chi connectivity index (χ3n) is 8.04. The maximum absolute atomic E-state index is 13.6. The van der Waals surface area contributed by atoms with Gasteiger partial charge < -0.3 is 36.4 Å². The van der Waals surface area contributed by atoms with Crippen LogP contribution in [0.1, 0.15) is 36.2 Å². The van der Waals surface area contributed by atoms with E-state index in [9.17, 15) is 48.9 Å². The lowest BCUT2D eigenvalue weighted by Crippen LogP contribution is -2.72. The molecule has 0 aromatic heterocycles. The number of phenols is 1. The Bertz CT molecular complexity index is 1360. The number of methoxy groups -OCH3 is 1. The number of amides is 3. The highest BCUT2D eigenvalue weighted by atomic mass is 16.5. The standard InChI is InChI=1S/C26H29N3O11/c1-8(2)17(24(37)40-3)29-25(38)28-12-5-4-9-6-10-15(20(33)14(9)19(12)32)21(34)26(39)11(18(10)31)7-13(30)16(22(26)35)23(27)36/h4-5,8,10-11,15-18,31-32,39H,6-7H2,1-3H3,(H2,27,36)(H2,28,29,38)/t10-,11-,15?,16?,17?,18+,26+/m1/s1. The Morgan fingerprint density at radius 1 is 1.10 bits per heavy atom. The van der Waals surface area contributed by atoms with Gasteiger partial charge in [-0.1, -0.05) is 19.9 Å². The second kappa shape index (κ2) is 10.1. The second-order valence-corrected chi connectivity index (χ2v) is 10.6. The lowest BCUT2D eigenvalue weighted by atomic mass is 9.52. The summed E-state index contributed by atoms with van der Waals surface area (Å²) in [5.41, 5.74) is 1.72. The van der Waals surface area contributed by atoms with Crippen LogP contribution in [0.3, 0.4) is 0 Å². The highest BCUT2D eigenvalue weighted by molar-refractivity contribution is 6.31. The maximum Gasteiger partial charge on any atom is 0.328 e. The highest BCUT2D eigenvalue weighted by Crippen LogP contribution is 2.50. The van der Waals surface area contributed by atoms with E-state index >= 15 is 0 Å². The molecule has 1 aromatic carbocycles. The summed E-state index contributed by atoms with van der Waals surface area (Å²) in [6.07, 6.45) is -2.49. The number of primary amides is 1. The van der Waals surface area contributed by atoms with E-state index in [0.717, 1.165) is 7.11 Å².